The number of nitrogens with zero attached hydrogens (tertiary/aromatic N) is 2. The quantitative estimate of drug-likeness (QED) is 0.805. The van der Waals surface area contributed by atoms with Crippen LogP contribution in [0, 0.1) is 11.3 Å². The first kappa shape index (κ1) is 15.5. The fourth-order valence-electron chi connectivity index (χ4n) is 2.48. The van der Waals surface area contributed by atoms with Gasteiger partial charge in [0.1, 0.15) is 11.8 Å². The van der Waals surface area contributed by atoms with E-state index in [1.165, 1.54) is 12.8 Å². The number of anilines is 1. The van der Waals surface area contributed by atoms with Gasteiger partial charge in [0.25, 0.3) is 0 Å². The molecular formula is C17H20ClN3. The van der Waals surface area contributed by atoms with Crippen molar-refractivity contribution in [2.75, 3.05) is 5.73 Å². The lowest BCUT2D eigenvalue weighted by atomic mass is 10.1. The van der Waals surface area contributed by atoms with Gasteiger partial charge in [0.15, 0.2) is 0 Å². The average molecular weight is 302 g/mol. The maximum absolute atomic E-state index is 9.30. The van der Waals surface area contributed by atoms with Crippen LogP contribution >= 0.6 is 11.6 Å². The molecule has 0 aliphatic rings. The highest BCUT2D eigenvalue weighted by molar-refractivity contribution is 6.30. The molecule has 1 heterocycles. The van der Waals surface area contributed by atoms with Crippen molar-refractivity contribution < 1.29 is 0 Å². The minimum atomic E-state index is 0.619. The Labute approximate surface area is 130 Å². The van der Waals surface area contributed by atoms with Crippen molar-refractivity contribution in [2.45, 2.75) is 39.2 Å². The number of unbranched alkanes of at least 4 members (excludes halogenated alkanes) is 2. The SMILES string of the molecule is CCCCCc1c(N)cc(C#N)n1Cc1ccc(Cl)cc1. The number of hydrogen-bond acceptors (Lipinski definition) is 2. The summed E-state index contributed by atoms with van der Waals surface area (Å²) < 4.78 is 2.02. The molecule has 110 valence electrons. The highest BCUT2D eigenvalue weighted by atomic mass is 35.5. The molecule has 2 rings (SSSR count). The Morgan fingerprint density at radius 2 is 1.95 bits per heavy atom. The summed E-state index contributed by atoms with van der Waals surface area (Å²) in [7, 11) is 0. The molecule has 1 aromatic heterocycles. The van der Waals surface area contributed by atoms with Gasteiger partial charge in [0.05, 0.1) is 5.69 Å². The van der Waals surface area contributed by atoms with Crippen LogP contribution in [0.2, 0.25) is 5.02 Å². The van der Waals surface area contributed by atoms with Gasteiger partial charge in [-0.05, 0) is 36.6 Å². The fraction of sp³-hybridized carbons (Fsp3) is 0.353. The third-order valence-electron chi connectivity index (χ3n) is 3.63. The van der Waals surface area contributed by atoms with Crippen molar-refractivity contribution in [2.24, 2.45) is 0 Å². The molecule has 4 heteroatoms. The van der Waals surface area contributed by atoms with Crippen molar-refractivity contribution in [1.82, 2.24) is 4.57 Å². The van der Waals surface area contributed by atoms with Crippen LogP contribution in [0.1, 0.15) is 43.1 Å². The molecule has 0 aliphatic carbocycles. The van der Waals surface area contributed by atoms with Crippen LogP contribution in [0.4, 0.5) is 5.69 Å². The zero-order valence-corrected chi connectivity index (χ0v) is 13.0. The zero-order valence-electron chi connectivity index (χ0n) is 12.3. The first-order valence-corrected chi connectivity index (χ1v) is 7.66. The number of rotatable bonds is 6. The summed E-state index contributed by atoms with van der Waals surface area (Å²) in [6.07, 6.45) is 4.35. The third kappa shape index (κ3) is 3.80. The maximum atomic E-state index is 9.30. The molecule has 0 saturated carbocycles. The molecule has 0 aliphatic heterocycles. The van der Waals surface area contributed by atoms with Gasteiger partial charge >= 0.3 is 0 Å². The minimum Gasteiger partial charge on any atom is -0.397 e. The molecule has 0 radical (unpaired) electrons. The lowest BCUT2D eigenvalue weighted by molar-refractivity contribution is 0.665. The number of aromatic nitrogens is 1. The van der Waals surface area contributed by atoms with Crippen LogP contribution in [-0.4, -0.2) is 4.57 Å². The normalized spacial score (nSPS) is 10.5. The van der Waals surface area contributed by atoms with Crippen LogP contribution in [0.25, 0.3) is 0 Å². The second-order valence-electron chi connectivity index (χ2n) is 5.21. The van der Waals surface area contributed by atoms with E-state index >= 15 is 0 Å². The number of nitrogen functional groups attached to an aromatic ring is 1. The van der Waals surface area contributed by atoms with E-state index in [1.807, 2.05) is 28.8 Å². The predicted octanol–water partition coefficient (Wildman–Crippen LogP) is 4.38. The topological polar surface area (TPSA) is 54.7 Å². The smallest absolute Gasteiger partial charge is 0.122 e. The monoisotopic (exact) mass is 301 g/mol. The van der Waals surface area contributed by atoms with E-state index in [9.17, 15) is 5.26 Å². The van der Waals surface area contributed by atoms with Crippen LogP contribution in [-0.2, 0) is 13.0 Å². The second-order valence-corrected chi connectivity index (χ2v) is 5.65. The highest BCUT2D eigenvalue weighted by Crippen LogP contribution is 2.22. The Bertz CT molecular complexity index is 635. The van der Waals surface area contributed by atoms with Gasteiger partial charge in [-0.2, -0.15) is 5.26 Å². The van der Waals surface area contributed by atoms with Crippen LogP contribution in [0.3, 0.4) is 0 Å². The Morgan fingerprint density at radius 1 is 1.24 bits per heavy atom. The van der Waals surface area contributed by atoms with Gasteiger partial charge in [-0.15, -0.1) is 0 Å². The second kappa shape index (κ2) is 7.19. The lowest BCUT2D eigenvalue weighted by Crippen LogP contribution is -2.08. The molecular weight excluding hydrogens is 282 g/mol. The van der Waals surface area contributed by atoms with E-state index in [0.29, 0.717) is 12.2 Å². The molecule has 2 aromatic rings. The van der Waals surface area contributed by atoms with Gasteiger partial charge in [-0.1, -0.05) is 43.5 Å². The van der Waals surface area contributed by atoms with E-state index in [1.54, 1.807) is 6.07 Å². The average Bonchev–Trinajstić information content (AvgIpc) is 2.78. The molecule has 0 saturated heterocycles. The van der Waals surface area contributed by atoms with Gasteiger partial charge in [0, 0.05) is 17.3 Å². The molecule has 2 N–H and O–H groups in total. The summed E-state index contributed by atoms with van der Waals surface area (Å²) in [5.41, 5.74) is 9.60. The summed E-state index contributed by atoms with van der Waals surface area (Å²) in [5.74, 6) is 0. The Hall–Kier alpha value is -1.92. The summed E-state index contributed by atoms with van der Waals surface area (Å²) in [4.78, 5) is 0. The van der Waals surface area contributed by atoms with Gasteiger partial charge < -0.3 is 10.3 Å². The van der Waals surface area contributed by atoms with Gasteiger partial charge in [-0.3, -0.25) is 0 Å². The largest absolute Gasteiger partial charge is 0.397 e. The Morgan fingerprint density at radius 3 is 2.57 bits per heavy atom. The van der Waals surface area contributed by atoms with Crippen molar-refractivity contribution in [3.63, 3.8) is 0 Å². The Balaban J connectivity index is 2.27. The predicted molar refractivity (Wildman–Crippen MR) is 87.3 cm³/mol. The molecule has 0 spiro atoms. The van der Waals surface area contributed by atoms with E-state index in [0.717, 1.165) is 34.8 Å². The van der Waals surface area contributed by atoms with Gasteiger partial charge in [0.2, 0.25) is 0 Å². The summed E-state index contributed by atoms with van der Waals surface area (Å²) in [6, 6.07) is 11.7. The molecule has 0 fully saturated rings. The summed E-state index contributed by atoms with van der Waals surface area (Å²) in [6.45, 7) is 2.83. The molecule has 0 amide bonds. The number of nitrogens with two attached hydrogens (primary N) is 1. The number of halogens is 1. The molecule has 21 heavy (non-hydrogen) atoms. The van der Waals surface area contributed by atoms with Crippen molar-refractivity contribution in [3.8, 4) is 6.07 Å². The third-order valence-corrected chi connectivity index (χ3v) is 3.88. The standard InChI is InChI=1S/C17H20ClN3/c1-2-3-4-5-17-16(20)10-15(11-19)21(17)12-13-6-8-14(18)9-7-13/h6-10H,2-5,12,20H2,1H3. The molecule has 0 unspecified atom stereocenters. The maximum Gasteiger partial charge on any atom is 0.122 e. The lowest BCUT2D eigenvalue weighted by Gasteiger charge is -2.11. The number of benzene rings is 1. The van der Waals surface area contributed by atoms with Gasteiger partial charge in [-0.25, -0.2) is 0 Å². The van der Waals surface area contributed by atoms with E-state index in [4.69, 9.17) is 17.3 Å². The van der Waals surface area contributed by atoms with E-state index in [2.05, 4.69) is 13.0 Å². The van der Waals surface area contributed by atoms with E-state index < -0.39 is 0 Å². The zero-order chi connectivity index (χ0) is 15.2. The highest BCUT2D eigenvalue weighted by Gasteiger charge is 2.13. The van der Waals surface area contributed by atoms with Crippen LogP contribution < -0.4 is 5.73 Å². The van der Waals surface area contributed by atoms with Crippen molar-refractivity contribution in [1.29, 1.82) is 5.26 Å². The molecule has 3 nitrogen and oxygen atoms in total. The summed E-state index contributed by atoms with van der Waals surface area (Å²) >= 11 is 5.91. The molecule has 0 atom stereocenters. The molecule has 0 bridgehead atoms. The first-order chi connectivity index (χ1) is 10.2. The van der Waals surface area contributed by atoms with E-state index in [-0.39, 0.29) is 0 Å². The number of nitriles is 1. The molecule has 1 aromatic carbocycles. The Kier molecular flexibility index (Phi) is 5.30. The first-order valence-electron chi connectivity index (χ1n) is 7.28. The minimum absolute atomic E-state index is 0.619. The number of hydrogen-bond donors (Lipinski definition) is 1. The van der Waals surface area contributed by atoms with Crippen LogP contribution in [0.5, 0.6) is 0 Å². The van der Waals surface area contributed by atoms with Crippen molar-refractivity contribution >= 4 is 17.3 Å². The summed E-state index contributed by atoms with van der Waals surface area (Å²) in [5, 5.41) is 10.0. The van der Waals surface area contributed by atoms with Crippen LogP contribution in [0.15, 0.2) is 30.3 Å². The van der Waals surface area contributed by atoms with Crippen molar-refractivity contribution in [3.05, 3.63) is 52.3 Å². The fourth-order valence-corrected chi connectivity index (χ4v) is 2.60.